The van der Waals surface area contributed by atoms with Gasteiger partial charge in [-0.2, -0.15) is 0 Å². The smallest absolute Gasteiger partial charge is 0.115 e. The number of phenols is 1. The van der Waals surface area contributed by atoms with E-state index in [4.69, 9.17) is 6.42 Å². The number of phenolic OH excluding ortho intramolecular Hbond substituents is 1. The monoisotopic (exact) mass is 283 g/mol. The van der Waals surface area contributed by atoms with Gasteiger partial charge in [0.1, 0.15) is 5.75 Å². The van der Waals surface area contributed by atoms with Crippen molar-refractivity contribution in [2.24, 2.45) is 5.92 Å². The number of terminal acetylenes is 1. The molecule has 112 valence electrons. The van der Waals surface area contributed by atoms with Crippen LogP contribution >= 0.6 is 0 Å². The van der Waals surface area contributed by atoms with Crippen LogP contribution in [0.5, 0.6) is 5.75 Å². The fourth-order valence-electron chi connectivity index (χ4n) is 4.36. The highest BCUT2D eigenvalue weighted by Crippen LogP contribution is 2.49. The third-order valence-corrected chi connectivity index (χ3v) is 5.87. The molecule has 1 saturated heterocycles. The zero-order chi connectivity index (χ0) is 15.0. The van der Waals surface area contributed by atoms with E-state index in [-0.39, 0.29) is 5.41 Å². The third-order valence-electron chi connectivity index (χ3n) is 5.87. The Morgan fingerprint density at radius 3 is 3.05 bits per heavy atom. The molecule has 0 aromatic heterocycles. The van der Waals surface area contributed by atoms with Gasteiger partial charge in [-0.15, -0.1) is 12.3 Å². The number of hydrogen-bond acceptors (Lipinski definition) is 2. The van der Waals surface area contributed by atoms with Crippen LogP contribution in [0.3, 0.4) is 0 Å². The molecule has 1 N–H and O–H groups in total. The summed E-state index contributed by atoms with van der Waals surface area (Å²) < 4.78 is 0. The fourth-order valence-corrected chi connectivity index (χ4v) is 4.36. The predicted molar refractivity (Wildman–Crippen MR) is 86.4 cm³/mol. The number of benzene rings is 1. The van der Waals surface area contributed by atoms with Gasteiger partial charge in [-0.3, -0.25) is 4.90 Å². The summed E-state index contributed by atoms with van der Waals surface area (Å²) in [5, 5.41) is 9.85. The molecular weight excluding hydrogens is 258 g/mol. The van der Waals surface area contributed by atoms with Crippen LogP contribution in [-0.4, -0.2) is 29.1 Å². The molecule has 2 heteroatoms. The molecule has 0 spiro atoms. The Bertz CT molecular complexity index is 573. The van der Waals surface area contributed by atoms with Crippen molar-refractivity contribution < 1.29 is 5.11 Å². The lowest BCUT2D eigenvalue weighted by Gasteiger charge is -2.54. The Morgan fingerprint density at radius 1 is 1.48 bits per heavy atom. The number of piperidine rings is 1. The zero-order valence-corrected chi connectivity index (χ0v) is 13.1. The summed E-state index contributed by atoms with van der Waals surface area (Å²) in [5.41, 5.74) is 2.98. The highest BCUT2D eigenvalue weighted by molar-refractivity contribution is 5.44. The Balaban J connectivity index is 1.89. The summed E-state index contributed by atoms with van der Waals surface area (Å²) in [5.74, 6) is 3.77. The van der Waals surface area contributed by atoms with Gasteiger partial charge < -0.3 is 5.11 Å². The number of likely N-dealkylation sites (tertiary alicyclic amines) is 1. The van der Waals surface area contributed by atoms with E-state index in [2.05, 4.69) is 30.7 Å². The standard InChI is InChI=1S/C19H25NO/c1-4-5-6-10-20-11-9-19(3)14(2)18(20)12-15-7-8-16(21)13-17(15)19/h1,7-8,13-14,18,21H,5-6,9-12H2,2-3H3/t14-,18-,19-/m0/s1. The van der Waals surface area contributed by atoms with Crippen LogP contribution in [0, 0.1) is 18.3 Å². The second-order valence-electron chi connectivity index (χ2n) is 6.91. The lowest BCUT2D eigenvalue weighted by atomic mass is 9.59. The third kappa shape index (κ3) is 2.34. The first-order chi connectivity index (χ1) is 10.1. The molecule has 2 bridgehead atoms. The van der Waals surface area contributed by atoms with Gasteiger partial charge in [-0.25, -0.2) is 0 Å². The maximum absolute atomic E-state index is 9.85. The first kappa shape index (κ1) is 14.5. The second-order valence-corrected chi connectivity index (χ2v) is 6.91. The van der Waals surface area contributed by atoms with Crippen LogP contribution in [0.4, 0.5) is 0 Å². The normalized spacial score (nSPS) is 31.5. The van der Waals surface area contributed by atoms with Crippen LogP contribution in [0.1, 0.15) is 44.2 Å². The first-order valence-corrected chi connectivity index (χ1v) is 8.06. The van der Waals surface area contributed by atoms with Crippen molar-refractivity contribution in [1.82, 2.24) is 4.90 Å². The Labute approximate surface area is 128 Å². The van der Waals surface area contributed by atoms with E-state index in [1.807, 2.05) is 12.1 Å². The summed E-state index contributed by atoms with van der Waals surface area (Å²) in [4.78, 5) is 2.64. The molecule has 0 saturated carbocycles. The van der Waals surface area contributed by atoms with E-state index in [1.54, 1.807) is 0 Å². The van der Waals surface area contributed by atoms with Crippen LogP contribution in [0.15, 0.2) is 18.2 Å². The SMILES string of the molecule is C#CCCCN1CC[C@]2(C)c3cc(O)ccc3C[C@H]1[C@@H]2C. The van der Waals surface area contributed by atoms with E-state index in [1.165, 1.54) is 11.1 Å². The Kier molecular flexibility index (Phi) is 3.71. The van der Waals surface area contributed by atoms with Crippen LogP contribution in [-0.2, 0) is 11.8 Å². The average Bonchev–Trinajstić information content (AvgIpc) is 2.46. The van der Waals surface area contributed by atoms with Gasteiger partial charge in [0, 0.05) is 12.5 Å². The molecule has 3 rings (SSSR count). The summed E-state index contributed by atoms with van der Waals surface area (Å²) in [6, 6.07) is 6.55. The number of fused-ring (bicyclic) bond motifs is 4. The van der Waals surface area contributed by atoms with Gasteiger partial charge in [0.05, 0.1) is 0 Å². The lowest BCUT2D eigenvalue weighted by molar-refractivity contribution is 0.0309. The molecule has 21 heavy (non-hydrogen) atoms. The van der Waals surface area contributed by atoms with Crippen molar-refractivity contribution in [3.05, 3.63) is 29.3 Å². The fraction of sp³-hybridized carbons (Fsp3) is 0.579. The van der Waals surface area contributed by atoms with Gasteiger partial charge in [-0.1, -0.05) is 19.9 Å². The molecule has 1 aromatic carbocycles. The van der Waals surface area contributed by atoms with Gasteiger partial charge in [0.15, 0.2) is 0 Å². The molecule has 1 aliphatic heterocycles. The molecule has 0 unspecified atom stereocenters. The molecule has 2 aliphatic rings. The maximum atomic E-state index is 9.85. The summed E-state index contributed by atoms with van der Waals surface area (Å²) in [6.45, 7) is 7.01. The zero-order valence-electron chi connectivity index (χ0n) is 13.1. The molecule has 1 aliphatic carbocycles. The summed E-state index contributed by atoms with van der Waals surface area (Å²) >= 11 is 0. The minimum absolute atomic E-state index is 0.194. The minimum atomic E-state index is 0.194. The van der Waals surface area contributed by atoms with Gasteiger partial charge in [0.25, 0.3) is 0 Å². The highest BCUT2D eigenvalue weighted by Gasteiger charge is 2.48. The van der Waals surface area contributed by atoms with E-state index in [9.17, 15) is 5.11 Å². The van der Waals surface area contributed by atoms with Crippen molar-refractivity contribution in [2.75, 3.05) is 13.1 Å². The molecular formula is C19H25NO. The van der Waals surface area contributed by atoms with Gasteiger partial charge >= 0.3 is 0 Å². The number of nitrogens with zero attached hydrogens (tertiary/aromatic N) is 1. The second kappa shape index (κ2) is 5.39. The van der Waals surface area contributed by atoms with Crippen LogP contribution in [0.2, 0.25) is 0 Å². The van der Waals surface area contributed by atoms with Crippen LogP contribution < -0.4 is 0 Å². The van der Waals surface area contributed by atoms with E-state index in [0.717, 1.165) is 38.8 Å². The van der Waals surface area contributed by atoms with Crippen molar-refractivity contribution in [3.63, 3.8) is 0 Å². The van der Waals surface area contributed by atoms with Crippen molar-refractivity contribution in [2.45, 2.75) is 51.0 Å². The minimum Gasteiger partial charge on any atom is -0.508 e. The highest BCUT2D eigenvalue weighted by atomic mass is 16.3. The van der Waals surface area contributed by atoms with Gasteiger partial charge in [-0.05, 0) is 66.9 Å². The van der Waals surface area contributed by atoms with Crippen molar-refractivity contribution in [3.8, 4) is 18.1 Å². The average molecular weight is 283 g/mol. The van der Waals surface area contributed by atoms with Crippen molar-refractivity contribution in [1.29, 1.82) is 0 Å². The molecule has 0 amide bonds. The number of rotatable bonds is 3. The Morgan fingerprint density at radius 2 is 2.29 bits per heavy atom. The number of hydrogen-bond donors (Lipinski definition) is 1. The quantitative estimate of drug-likeness (QED) is 0.679. The summed E-state index contributed by atoms with van der Waals surface area (Å²) in [7, 11) is 0. The van der Waals surface area contributed by atoms with Crippen LogP contribution in [0.25, 0.3) is 0 Å². The first-order valence-electron chi connectivity index (χ1n) is 8.06. The lowest BCUT2D eigenvalue weighted by Crippen LogP contribution is -2.58. The van der Waals surface area contributed by atoms with Crippen molar-refractivity contribution >= 4 is 0 Å². The number of aromatic hydroxyl groups is 1. The Hall–Kier alpha value is -1.46. The molecule has 1 heterocycles. The number of unbranched alkanes of at least 4 members (excludes halogenated alkanes) is 1. The predicted octanol–water partition coefficient (Wildman–Crippen LogP) is 3.33. The molecule has 1 fully saturated rings. The molecule has 0 radical (unpaired) electrons. The molecule has 3 atom stereocenters. The van der Waals surface area contributed by atoms with E-state index < -0.39 is 0 Å². The summed E-state index contributed by atoms with van der Waals surface area (Å²) in [6.07, 6.45) is 9.61. The van der Waals surface area contributed by atoms with E-state index >= 15 is 0 Å². The topological polar surface area (TPSA) is 23.5 Å². The molecule has 1 aromatic rings. The maximum Gasteiger partial charge on any atom is 0.115 e. The molecule has 2 nitrogen and oxygen atoms in total. The largest absolute Gasteiger partial charge is 0.508 e. The van der Waals surface area contributed by atoms with E-state index in [0.29, 0.717) is 17.7 Å². The van der Waals surface area contributed by atoms with Gasteiger partial charge in [0.2, 0.25) is 0 Å².